The van der Waals surface area contributed by atoms with Crippen LogP contribution in [0.25, 0.3) is 0 Å². The molecule has 0 atom stereocenters. The molecule has 0 bridgehead atoms. The largest absolute Gasteiger partial charge is 0.325 e. The number of sulfone groups is 1. The van der Waals surface area contributed by atoms with Crippen LogP contribution in [0.15, 0.2) is 73.3 Å². The van der Waals surface area contributed by atoms with Crippen molar-refractivity contribution in [3.63, 3.8) is 0 Å². The van der Waals surface area contributed by atoms with Crippen LogP contribution in [-0.4, -0.2) is 36.3 Å². The van der Waals surface area contributed by atoms with Gasteiger partial charge in [-0.2, -0.15) is 0 Å². The number of aromatic nitrogens is 2. The van der Waals surface area contributed by atoms with Crippen LogP contribution in [-0.2, 0) is 14.6 Å². The number of H-pyrrole nitrogens is 1. The number of hydrogen-bond acceptors (Lipinski definition) is 7. The molecule has 0 saturated carbocycles. The van der Waals surface area contributed by atoms with Crippen molar-refractivity contribution in [2.24, 2.45) is 0 Å². The number of aromatic amines is 1. The van der Waals surface area contributed by atoms with E-state index in [1.54, 1.807) is 30.8 Å². The summed E-state index contributed by atoms with van der Waals surface area (Å²) in [6, 6.07) is 12.1. The van der Waals surface area contributed by atoms with E-state index >= 15 is 0 Å². The Morgan fingerprint density at radius 2 is 1.90 bits per heavy atom. The monoisotopic (exact) mass is 475 g/mol. The molecule has 0 fully saturated rings. The van der Waals surface area contributed by atoms with Crippen molar-refractivity contribution < 1.29 is 13.2 Å². The lowest BCUT2D eigenvalue weighted by atomic mass is 10.1. The lowest BCUT2D eigenvalue weighted by Gasteiger charge is -2.08. The van der Waals surface area contributed by atoms with Crippen molar-refractivity contribution in [3.8, 4) is 0 Å². The van der Waals surface area contributed by atoms with Crippen molar-refractivity contribution in [3.05, 3.63) is 70.1 Å². The van der Waals surface area contributed by atoms with E-state index in [2.05, 4.69) is 15.3 Å². The number of thioether (sulfide) groups is 2. The zero-order valence-electron chi connectivity index (χ0n) is 17.1. The maximum atomic E-state index is 12.8. The Hall–Kier alpha value is -2.56. The van der Waals surface area contributed by atoms with E-state index in [4.69, 9.17) is 0 Å². The van der Waals surface area contributed by atoms with Gasteiger partial charge in [-0.15, -0.1) is 11.8 Å². The molecule has 0 spiro atoms. The van der Waals surface area contributed by atoms with E-state index in [1.165, 1.54) is 12.1 Å². The van der Waals surface area contributed by atoms with Gasteiger partial charge >= 0.3 is 0 Å². The third-order valence-electron chi connectivity index (χ3n) is 4.51. The molecule has 3 aromatic rings. The van der Waals surface area contributed by atoms with Crippen LogP contribution in [0.5, 0.6) is 0 Å². The van der Waals surface area contributed by atoms with E-state index in [0.29, 0.717) is 5.69 Å². The first-order valence-corrected chi connectivity index (χ1v) is 12.9. The predicted molar refractivity (Wildman–Crippen MR) is 124 cm³/mol. The van der Waals surface area contributed by atoms with E-state index in [1.807, 2.05) is 31.4 Å². The van der Waals surface area contributed by atoms with Gasteiger partial charge in [-0.3, -0.25) is 9.59 Å². The number of nitrogens with one attached hydrogen (secondary N) is 2. The smallest absolute Gasteiger partial charge is 0.270 e. The normalized spacial score (nSPS) is 11.3. The number of benzene rings is 2. The molecule has 10 heteroatoms. The van der Waals surface area contributed by atoms with Gasteiger partial charge in [-0.1, -0.05) is 23.9 Å². The van der Waals surface area contributed by atoms with E-state index < -0.39 is 20.3 Å². The molecular weight excluding hydrogens is 454 g/mol. The summed E-state index contributed by atoms with van der Waals surface area (Å²) in [4.78, 5) is 31.7. The van der Waals surface area contributed by atoms with Crippen LogP contribution < -0.4 is 10.9 Å². The van der Waals surface area contributed by atoms with Gasteiger partial charge in [0.2, 0.25) is 15.7 Å². The van der Waals surface area contributed by atoms with Gasteiger partial charge in [-0.05, 0) is 61.6 Å². The maximum absolute atomic E-state index is 12.8. The molecule has 31 heavy (non-hydrogen) atoms. The Labute approximate surface area is 189 Å². The molecular formula is C21H21N3O4S3. The molecule has 0 aliphatic heterocycles. The highest BCUT2D eigenvalue weighted by molar-refractivity contribution is 7.99. The SMILES string of the molecule is CSc1cccc(NC(=O)CSc2ncc(S(=O)(=O)c3ccc(C)c(C)c3)c(=O)[nH]2)c1. The van der Waals surface area contributed by atoms with Crippen LogP contribution >= 0.6 is 23.5 Å². The number of aryl methyl sites for hydroxylation is 2. The summed E-state index contributed by atoms with van der Waals surface area (Å²) < 4.78 is 25.6. The van der Waals surface area contributed by atoms with Gasteiger partial charge in [0.15, 0.2) is 10.1 Å². The number of amides is 1. The summed E-state index contributed by atoms with van der Waals surface area (Å²) in [5.74, 6) is -0.256. The number of hydrogen-bond donors (Lipinski definition) is 2. The predicted octanol–water partition coefficient (Wildman–Crippen LogP) is 3.67. The molecule has 3 rings (SSSR count). The minimum atomic E-state index is -4.00. The molecule has 0 unspecified atom stereocenters. The highest BCUT2D eigenvalue weighted by atomic mass is 32.2. The molecule has 0 radical (unpaired) electrons. The first-order valence-electron chi connectivity index (χ1n) is 9.19. The topological polar surface area (TPSA) is 109 Å². The highest BCUT2D eigenvalue weighted by Crippen LogP contribution is 2.22. The fourth-order valence-corrected chi connectivity index (χ4v) is 5.08. The fraction of sp³-hybridized carbons (Fsp3) is 0.190. The van der Waals surface area contributed by atoms with E-state index in [-0.39, 0.29) is 21.7 Å². The minimum Gasteiger partial charge on any atom is -0.325 e. The number of anilines is 1. The van der Waals surface area contributed by atoms with Crippen LogP contribution in [0.1, 0.15) is 11.1 Å². The fourth-order valence-electron chi connectivity index (χ4n) is 2.67. The number of rotatable bonds is 7. The van der Waals surface area contributed by atoms with Gasteiger partial charge in [0.1, 0.15) is 0 Å². The summed E-state index contributed by atoms with van der Waals surface area (Å²) in [7, 11) is -4.00. The molecule has 7 nitrogen and oxygen atoms in total. The Morgan fingerprint density at radius 1 is 1.13 bits per heavy atom. The minimum absolute atomic E-state index is 0.00961. The Kier molecular flexibility index (Phi) is 7.24. The second kappa shape index (κ2) is 9.71. The third kappa shape index (κ3) is 5.57. The number of carbonyl (C=O) groups is 1. The second-order valence-corrected chi connectivity index (χ2v) is 10.5. The second-order valence-electron chi connectivity index (χ2n) is 6.70. The zero-order valence-corrected chi connectivity index (χ0v) is 19.6. The van der Waals surface area contributed by atoms with Crippen molar-refractivity contribution in [2.45, 2.75) is 33.7 Å². The first-order chi connectivity index (χ1) is 14.7. The lowest BCUT2D eigenvalue weighted by Crippen LogP contribution is -2.20. The maximum Gasteiger partial charge on any atom is 0.270 e. The molecule has 2 N–H and O–H groups in total. The average Bonchev–Trinajstić information content (AvgIpc) is 2.74. The van der Waals surface area contributed by atoms with Gasteiger partial charge < -0.3 is 10.3 Å². The quantitative estimate of drug-likeness (QED) is 0.396. The summed E-state index contributed by atoms with van der Waals surface area (Å²) in [5, 5.41) is 2.94. The molecule has 0 saturated heterocycles. The average molecular weight is 476 g/mol. The molecule has 0 aliphatic rings. The Morgan fingerprint density at radius 3 is 2.58 bits per heavy atom. The van der Waals surface area contributed by atoms with Crippen molar-refractivity contribution in [2.75, 3.05) is 17.3 Å². The summed E-state index contributed by atoms with van der Waals surface area (Å²) in [5.41, 5.74) is 1.67. The van der Waals surface area contributed by atoms with Gasteiger partial charge in [0.05, 0.1) is 16.8 Å². The van der Waals surface area contributed by atoms with Crippen LogP contribution in [0, 0.1) is 13.8 Å². The molecule has 1 heterocycles. The van der Waals surface area contributed by atoms with Gasteiger partial charge in [0.25, 0.3) is 5.56 Å². The number of carbonyl (C=O) groups excluding carboxylic acids is 1. The van der Waals surface area contributed by atoms with Crippen molar-refractivity contribution in [1.82, 2.24) is 9.97 Å². The summed E-state index contributed by atoms with van der Waals surface area (Å²) in [6.45, 7) is 3.68. The molecule has 2 aromatic carbocycles. The van der Waals surface area contributed by atoms with Crippen LogP contribution in [0.2, 0.25) is 0 Å². The Bertz CT molecular complexity index is 1290. The Balaban J connectivity index is 1.71. The molecule has 0 aliphatic carbocycles. The molecule has 1 amide bonds. The third-order valence-corrected chi connectivity index (χ3v) is 7.87. The summed E-state index contributed by atoms with van der Waals surface area (Å²) in [6.07, 6.45) is 2.98. The van der Waals surface area contributed by atoms with Gasteiger partial charge in [0, 0.05) is 10.6 Å². The van der Waals surface area contributed by atoms with E-state index in [0.717, 1.165) is 34.0 Å². The van der Waals surface area contributed by atoms with Gasteiger partial charge in [-0.25, -0.2) is 13.4 Å². The van der Waals surface area contributed by atoms with Crippen molar-refractivity contribution in [1.29, 1.82) is 0 Å². The van der Waals surface area contributed by atoms with Crippen LogP contribution in [0.4, 0.5) is 5.69 Å². The first kappa shape index (κ1) is 23.1. The standard InChI is InChI=1S/C21H21N3O4S3/c1-13-7-8-17(9-14(13)2)31(27,28)18-11-22-21(24-20(18)26)30-12-19(25)23-15-5-4-6-16(10-15)29-3/h4-11H,12H2,1-3H3,(H,23,25)(H,22,24,26). The van der Waals surface area contributed by atoms with E-state index in [9.17, 15) is 18.0 Å². The molecule has 1 aromatic heterocycles. The highest BCUT2D eigenvalue weighted by Gasteiger charge is 2.23. The zero-order chi connectivity index (χ0) is 22.6. The lowest BCUT2D eigenvalue weighted by molar-refractivity contribution is -0.113. The summed E-state index contributed by atoms with van der Waals surface area (Å²) >= 11 is 2.58. The molecule has 162 valence electrons. The van der Waals surface area contributed by atoms with Crippen LogP contribution in [0.3, 0.4) is 0 Å². The van der Waals surface area contributed by atoms with Crippen molar-refractivity contribution >= 4 is 45.0 Å². The number of nitrogens with zero attached hydrogens (tertiary/aromatic N) is 1.